The molecule has 0 unspecified atom stereocenters. The van der Waals surface area contributed by atoms with Crippen molar-refractivity contribution in [1.29, 1.82) is 0 Å². The van der Waals surface area contributed by atoms with Gasteiger partial charge in [-0.1, -0.05) is 30.3 Å². The molecule has 0 bridgehead atoms. The van der Waals surface area contributed by atoms with E-state index in [2.05, 4.69) is 52.6 Å². The maximum Gasteiger partial charge on any atom is 0.246 e. The number of anilines is 1. The number of hydrogen-bond donors (Lipinski definition) is 1. The predicted octanol–water partition coefficient (Wildman–Crippen LogP) is 2.38. The van der Waals surface area contributed by atoms with Gasteiger partial charge in [-0.3, -0.25) is 14.5 Å². The Balaban J connectivity index is 0.00000240. The molecule has 29 heavy (non-hydrogen) atoms. The molecule has 4 rings (SSSR count). The molecule has 1 aromatic heterocycles. The number of carbonyl (C=O) groups excluding carboxylic acids is 1. The normalized spacial score (nSPS) is 18.4. The lowest BCUT2D eigenvalue weighted by Gasteiger charge is -2.35. The van der Waals surface area contributed by atoms with Crippen LogP contribution in [0.1, 0.15) is 25.3 Å². The van der Waals surface area contributed by atoms with Crippen LogP contribution >= 0.6 is 24.0 Å². The fourth-order valence-corrected chi connectivity index (χ4v) is 3.81. The van der Waals surface area contributed by atoms with Gasteiger partial charge >= 0.3 is 0 Å². The average Bonchev–Trinajstić information content (AvgIpc) is 3.39. The third-order valence-electron chi connectivity index (χ3n) is 5.63. The number of guanidine groups is 1. The van der Waals surface area contributed by atoms with Crippen molar-refractivity contribution >= 4 is 41.5 Å². The number of benzene rings is 1. The molecule has 8 heteroatoms. The average molecular weight is 508 g/mol. The van der Waals surface area contributed by atoms with Gasteiger partial charge in [-0.15, -0.1) is 24.0 Å². The SMILES string of the molecule is CCNC(=NCC1(c2ccccc2)CC1)N1CCN(c2cnn(C)c2)C(=O)C1.I. The van der Waals surface area contributed by atoms with Crippen molar-refractivity contribution in [3.8, 4) is 0 Å². The summed E-state index contributed by atoms with van der Waals surface area (Å²) in [5.74, 6) is 0.915. The summed E-state index contributed by atoms with van der Waals surface area (Å²) in [4.78, 5) is 21.5. The Hall–Kier alpha value is -2.10. The Morgan fingerprint density at radius 1 is 1.24 bits per heavy atom. The van der Waals surface area contributed by atoms with Crippen LogP contribution in [0.5, 0.6) is 0 Å². The molecule has 1 aromatic carbocycles. The highest BCUT2D eigenvalue weighted by molar-refractivity contribution is 14.0. The number of hydrogen-bond acceptors (Lipinski definition) is 3. The summed E-state index contributed by atoms with van der Waals surface area (Å²) in [6.45, 7) is 5.33. The van der Waals surface area contributed by atoms with E-state index in [-0.39, 0.29) is 35.3 Å². The number of aryl methyl sites for hydroxylation is 1. The number of amides is 1. The highest BCUT2D eigenvalue weighted by Crippen LogP contribution is 2.48. The van der Waals surface area contributed by atoms with E-state index in [1.807, 2.05) is 13.2 Å². The number of aliphatic imine (C=N–C) groups is 1. The molecule has 0 spiro atoms. The van der Waals surface area contributed by atoms with E-state index < -0.39 is 0 Å². The topological polar surface area (TPSA) is 65.8 Å². The fourth-order valence-electron chi connectivity index (χ4n) is 3.81. The summed E-state index contributed by atoms with van der Waals surface area (Å²) in [5.41, 5.74) is 2.39. The molecule has 1 amide bonds. The summed E-state index contributed by atoms with van der Waals surface area (Å²) in [7, 11) is 1.86. The van der Waals surface area contributed by atoms with Crippen LogP contribution in [-0.2, 0) is 17.3 Å². The summed E-state index contributed by atoms with van der Waals surface area (Å²) in [6, 6.07) is 10.7. The summed E-state index contributed by atoms with van der Waals surface area (Å²) in [5, 5.41) is 7.55. The molecular weight excluding hydrogens is 479 g/mol. The van der Waals surface area contributed by atoms with Crippen molar-refractivity contribution in [2.24, 2.45) is 12.0 Å². The maximum atomic E-state index is 12.7. The Bertz CT molecular complexity index is 861. The van der Waals surface area contributed by atoms with Crippen molar-refractivity contribution < 1.29 is 4.79 Å². The first kappa shape index (κ1) is 21.6. The molecule has 0 radical (unpaired) electrons. The van der Waals surface area contributed by atoms with E-state index in [1.165, 1.54) is 18.4 Å². The number of nitrogens with zero attached hydrogens (tertiary/aromatic N) is 5. The molecule has 2 fully saturated rings. The molecule has 1 aliphatic carbocycles. The predicted molar refractivity (Wildman–Crippen MR) is 126 cm³/mol. The van der Waals surface area contributed by atoms with Crippen molar-refractivity contribution in [2.75, 3.05) is 37.6 Å². The molecule has 7 nitrogen and oxygen atoms in total. The largest absolute Gasteiger partial charge is 0.357 e. The number of piperazine rings is 1. The van der Waals surface area contributed by atoms with E-state index in [0.29, 0.717) is 13.1 Å². The van der Waals surface area contributed by atoms with Gasteiger partial charge < -0.3 is 15.1 Å². The highest BCUT2D eigenvalue weighted by atomic mass is 127. The zero-order valence-electron chi connectivity index (χ0n) is 17.0. The second-order valence-electron chi connectivity index (χ2n) is 7.66. The second-order valence-corrected chi connectivity index (χ2v) is 7.66. The van der Waals surface area contributed by atoms with Gasteiger partial charge in [0.25, 0.3) is 0 Å². The van der Waals surface area contributed by atoms with Crippen LogP contribution in [0.3, 0.4) is 0 Å². The molecule has 1 saturated carbocycles. The van der Waals surface area contributed by atoms with Crippen LogP contribution in [0.2, 0.25) is 0 Å². The second kappa shape index (κ2) is 9.15. The minimum absolute atomic E-state index is 0. The summed E-state index contributed by atoms with van der Waals surface area (Å²) < 4.78 is 1.72. The Labute approximate surface area is 189 Å². The fraction of sp³-hybridized carbons (Fsp3) is 0.476. The van der Waals surface area contributed by atoms with Crippen molar-refractivity contribution in [3.63, 3.8) is 0 Å². The third kappa shape index (κ3) is 4.73. The molecule has 1 saturated heterocycles. The van der Waals surface area contributed by atoms with Crippen molar-refractivity contribution in [3.05, 3.63) is 48.3 Å². The Kier molecular flexibility index (Phi) is 6.81. The van der Waals surface area contributed by atoms with Crippen LogP contribution in [0.4, 0.5) is 5.69 Å². The molecular formula is C21H29IN6O. The van der Waals surface area contributed by atoms with Gasteiger partial charge in [-0.2, -0.15) is 5.10 Å². The lowest BCUT2D eigenvalue weighted by atomic mass is 9.96. The van der Waals surface area contributed by atoms with Gasteiger partial charge in [0.1, 0.15) is 6.54 Å². The van der Waals surface area contributed by atoms with Gasteiger partial charge in [0, 0.05) is 38.3 Å². The monoisotopic (exact) mass is 508 g/mol. The minimum atomic E-state index is 0. The molecule has 1 aliphatic heterocycles. The van der Waals surface area contributed by atoms with Crippen molar-refractivity contribution in [1.82, 2.24) is 20.0 Å². The molecule has 156 valence electrons. The smallest absolute Gasteiger partial charge is 0.246 e. The van der Waals surface area contributed by atoms with Gasteiger partial charge in [-0.05, 0) is 25.3 Å². The lowest BCUT2D eigenvalue weighted by Crippen LogP contribution is -2.55. The van der Waals surface area contributed by atoms with E-state index in [4.69, 9.17) is 4.99 Å². The first-order valence-electron chi connectivity index (χ1n) is 9.99. The number of rotatable bonds is 5. The molecule has 2 heterocycles. The minimum Gasteiger partial charge on any atom is -0.357 e. The zero-order valence-corrected chi connectivity index (χ0v) is 19.4. The Morgan fingerprint density at radius 3 is 2.59 bits per heavy atom. The van der Waals surface area contributed by atoms with Crippen LogP contribution in [-0.4, -0.2) is 59.3 Å². The molecule has 2 aliphatic rings. The molecule has 0 atom stereocenters. The summed E-state index contributed by atoms with van der Waals surface area (Å²) >= 11 is 0. The third-order valence-corrected chi connectivity index (χ3v) is 5.63. The highest BCUT2D eigenvalue weighted by Gasteiger charge is 2.44. The van der Waals surface area contributed by atoms with E-state index in [0.717, 1.165) is 31.3 Å². The standard InChI is InChI=1S/C21H28N6O.HI/c1-3-22-20(23-16-21(9-10-21)17-7-5-4-6-8-17)26-11-12-27(19(28)15-26)18-13-24-25(2)14-18;/h4-8,13-14H,3,9-12,15-16H2,1-2H3,(H,22,23);1H. The number of carbonyl (C=O) groups is 1. The lowest BCUT2D eigenvalue weighted by molar-refractivity contribution is -0.120. The molecule has 1 N–H and O–H groups in total. The van der Waals surface area contributed by atoms with Crippen LogP contribution in [0.25, 0.3) is 0 Å². The molecule has 2 aromatic rings. The quantitative estimate of drug-likeness (QED) is 0.383. The van der Waals surface area contributed by atoms with E-state index in [9.17, 15) is 4.79 Å². The van der Waals surface area contributed by atoms with Crippen LogP contribution in [0.15, 0.2) is 47.7 Å². The number of nitrogens with one attached hydrogen (secondary N) is 1. The first-order chi connectivity index (χ1) is 13.6. The number of halogens is 1. The van der Waals surface area contributed by atoms with Gasteiger partial charge in [0.2, 0.25) is 5.91 Å². The first-order valence-corrected chi connectivity index (χ1v) is 9.99. The summed E-state index contributed by atoms with van der Waals surface area (Å²) in [6.07, 6.45) is 5.97. The van der Waals surface area contributed by atoms with Gasteiger partial charge in [0.15, 0.2) is 5.96 Å². The van der Waals surface area contributed by atoms with Crippen LogP contribution < -0.4 is 10.2 Å². The number of aromatic nitrogens is 2. The zero-order chi connectivity index (χ0) is 19.6. The Morgan fingerprint density at radius 2 is 2.00 bits per heavy atom. The van der Waals surface area contributed by atoms with Gasteiger partial charge in [-0.25, -0.2) is 0 Å². The van der Waals surface area contributed by atoms with E-state index >= 15 is 0 Å². The maximum absolute atomic E-state index is 12.7. The van der Waals surface area contributed by atoms with Gasteiger partial charge in [0.05, 0.1) is 18.4 Å². The van der Waals surface area contributed by atoms with Crippen LogP contribution in [0, 0.1) is 0 Å². The van der Waals surface area contributed by atoms with E-state index in [1.54, 1.807) is 15.8 Å². The van der Waals surface area contributed by atoms with Crippen molar-refractivity contribution in [2.45, 2.75) is 25.2 Å².